The number of hydrogen-bond acceptors (Lipinski definition) is 4. The van der Waals surface area contributed by atoms with E-state index in [1.54, 1.807) is 23.3 Å². The first kappa shape index (κ1) is 22.2. The van der Waals surface area contributed by atoms with E-state index in [0.29, 0.717) is 25.3 Å². The van der Waals surface area contributed by atoms with Crippen molar-refractivity contribution in [2.45, 2.75) is 25.3 Å². The monoisotopic (exact) mass is 448 g/mol. The number of aryl methyl sites for hydroxylation is 1. The summed E-state index contributed by atoms with van der Waals surface area (Å²) in [6.07, 6.45) is 0.760. The molecule has 0 aliphatic carbocycles. The molecule has 2 amide bonds. The van der Waals surface area contributed by atoms with Gasteiger partial charge in [0.15, 0.2) is 0 Å². The Labute approximate surface area is 193 Å². The third-order valence-electron chi connectivity index (χ3n) is 5.93. The Bertz CT molecular complexity index is 1060. The number of rotatable bonds is 8. The largest absolute Gasteiger partial charge is 0.383 e. The standard InChI is InChI=1S/C26H28N2O3S/c1-18-9-11-19(12-10-18)13-14-27-25(29)23-20-6-3-4-7-21(20)26(30)28(15-16-31-2)24(23)22-8-5-17-32-22/h3-12,17,23-24H,13-16H2,1-2H3,(H,27,29)/t23-,24+/m0/s1. The molecule has 0 fully saturated rings. The predicted octanol–water partition coefficient (Wildman–Crippen LogP) is 4.34. The summed E-state index contributed by atoms with van der Waals surface area (Å²) in [5, 5.41) is 5.12. The minimum Gasteiger partial charge on any atom is -0.383 e. The van der Waals surface area contributed by atoms with E-state index < -0.39 is 5.92 Å². The molecule has 32 heavy (non-hydrogen) atoms. The van der Waals surface area contributed by atoms with Gasteiger partial charge in [0.05, 0.1) is 18.6 Å². The van der Waals surface area contributed by atoms with E-state index in [-0.39, 0.29) is 17.9 Å². The predicted molar refractivity (Wildman–Crippen MR) is 127 cm³/mol. The Balaban J connectivity index is 1.62. The average Bonchev–Trinajstić information content (AvgIpc) is 3.34. The zero-order valence-electron chi connectivity index (χ0n) is 18.4. The van der Waals surface area contributed by atoms with Crippen LogP contribution in [-0.4, -0.2) is 43.5 Å². The summed E-state index contributed by atoms with van der Waals surface area (Å²) in [7, 11) is 1.62. The Morgan fingerprint density at radius 3 is 2.59 bits per heavy atom. The van der Waals surface area contributed by atoms with Crippen molar-refractivity contribution in [3.63, 3.8) is 0 Å². The Hall–Kier alpha value is -2.96. The highest BCUT2D eigenvalue weighted by Crippen LogP contribution is 2.44. The Kier molecular flexibility index (Phi) is 7.02. The number of carbonyl (C=O) groups excluding carboxylic acids is 2. The van der Waals surface area contributed by atoms with Gasteiger partial charge in [0, 0.05) is 30.6 Å². The van der Waals surface area contributed by atoms with Gasteiger partial charge in [-0.3, -0.25) is 9.59 Å². The number of nitrogens with zero attached hydrogens (tertiary/aromatic N) is 1. The SMILES string of the molecule is COCCN1C(=O)c2ccccc2[C@H](C(=O)NCCc2ccc(C)cc2)[C@H]1c1cccs1. The van der Waals surface area contributed by atoms with Gasteiger partial charge in [0.1, 0.15) is 0 Å². The summed E-state index contributed by atoms with van der Waals surface area (Å²) < 4.78 is 5.27. The van der Waals surface area contributed by atoms with Gasteiger partial charge in [-0.25, -0.2) is 0 Å². The van der Waals surface area contributed by atoms with Gasteiger partial charge in [0.25, 0.3) is 5.91 Å². The molecule has 0 radical (unpaired) electrons. The first-order valence-corrected chi connectivity index (χ1v) is 11.7. The van der Waals surface area contributed by atoms with Crippen LogP contribution >= 0.6 is 11.3 Å². The number of fused-ring (bicyclic) bond motifs is 1. The number of amides is 2. The Morgan fingerprint density at radius 2 is 1.88 bits per heavy atom. The molecule has 0 bridgehead atoms. The smallest absolute Gasteiger partial charge is 0.254 e. The van der Waals surface area contributed by atoms with Crippen molar-refractivity contribution in [2.75, 3.05) is 26.8 Å². The fourth-order valence-corrected chi connectivity index (χ4v) is 5.16. The maximum atomic E-state index is 13.6. The van der Waals surface area contributed by atoms with E-state index in [4.69, 9.17) is 4.74 Å². The van der Waals surface area contributed by atoms with E-state index in [1.165, 1.54) is 11.1 Å². The quantitative estimate of drug-likeness (QED) is 0.558. The van der Waals surface area contributed by atoms with Gasteiger partial charge < -0.3 is 15.0 Å². The second kappa shape index (κ2) is 10.1. The second-order valence-electron chi connectivity index (χ2n) is 8.04. The lowest BCUT2D eigenvalue weighted by atomic mass is 9.81. The lowest BCUT2D eigenvalue weighted by Gasteiger charge is -2.41. The highest BCUT2D eigenvalue weighted by atomic mass is 32.1. The molecule has 2 aromatic carbocycles. The summed E-state index contributed by atoms with van der Waals surface area (Å²) >= 11 is 1.57. The molecule has 6 heteroatoms. The van der Waals surface area contributed by atoms with E-state index in [0.717, 1.165) is 16.9 Å². The molecule has 0 saturated carbocycles. The molecule has 0 unspecified atom stereocenters. The van der Waals surface area contributed by atoms with Crippen molar-refractivity contribution in [1.29, 1.82) is 0 Å². The highest BCUT2D eigenvalue weighted by Gasteiger charge is 2.44. The Morgan fingerprint density at radius 1 is 1.09 bits per heavy atom. The third kappa shape index (κ3) is 4.61. The van der Waals surface area contributed by atoms with Crippen LogP contribution in [0.25, 0.3) is 0 Å². The molecule has 4 rings (SSSR count). The molecule has 166 valence electrons. The summed E-state index contributed by atoms with van der Waals surface area (Å²) in [5.74, 6) is -0.588. The average molecular weight is 449 g/mol. The first-order chi connectivity index (χ1) is 15.6. The molecule has 1 aliphatic rings. The van der Waals surface area contributed by atoms with Crippen molar-refractivity contribution in [3.05, 3.63) is 93.2 Å². The third-order valence-corrected chi connectivity index (χ3v) is 6.87. The van der Waals surface area contributed by atoms with Crippen LogP contribution in [0.4, 0.5) is 0 Å². The van der Waals surface area contributed by atoms with Gasteiger partial charge in [-0.15, -0.1) is 11.3 Å². The molecule has 2 heterocycles. The normalized spacial score (nSPS) is 17.8. The van der Waals surface area contributed by atoms with Crippen LogP contribution in [-0.2, 0) is 16.0 Å². The second-order valence-corrected chi connectivity index (χ2v) is 9.02. The topological polar surface area (TPSA) is 58.6 Å². The van der Waals surface area contributed by atoms with Crippen LogP contribution in [0.1, 0.15) is 43.9 Å². The molecule has 1 aliphatic heterocycles. The van der Waals surface area contributed by atoms with Crippen molar-refractivity contribution in [2.24, 2.45) is 0 Å². The zero-order valence-corrected chi connectivity index (χ0v) is 19.2. The molecule has 5 nitrogen and oxygen atoms in total. The molecule has 0 saturated heterocycles. The maximum Gasteiger partial charge on any atom is 0.254 e. The molecular formula is C26H28N2O3S. The minimum absolute atomic E-state index is 0.0558. The van der Waals surface area contributed by atoms with Crippen LogP contribution in [0, 0.1) is 6.92 Å². The van der Waals surface area contributed by atoms with Crippen molar-refractivity contribution in [1.82, 2.24) is 10.2 Å². The number of methoxy groups -OCH3 is 1. The molecule has 1 aromatic heterocycles. The summed E-state index contributed by atoms with van der Waals surface area (Å²) in [4.78, 5) is 29.7. The molecule has 2 atom stereocenters. The van der Waals surface area contributed by atoms with E-state index in [9.17, 15) is 9.59 Å². The van der Waals surface area contributed by atoms with Gasteiger partial charge in [-0.2, -0.15) is 0 Å². The van der Waals surface area contributed by atoms with Crippen molar-refractivity contribution < 1.29 is 14.3 Å². The van der Waals surface area contributed by atoms with E-state index in [1.807, 2.05) is 41.8 Å². The molecule has 1 N–H and O–H groups in total. The van der Waals surface area contributed by atoms with Crippen LogP contribution in [0.2, 0.25) is 0 Å². The first-order valence-electron chi connectivity index (χ1n) is 10.9. The lowest BCUT2D eigenvalue weighted by molar-refractivity contribution is -0.124. The number of thiophene rings is 1. The van der Waals surface area contributed by atoms with Gasteiger partial charge in [0.2, 0.25) is 5.91 Å². The highest BCUT2D eigenvalue weighted by molar-refractivity contribution is 7.10. The summed E-state index contributed by atoms with van der Waals surface area (Å²) in [6, 6.07) is 19.4. The number of nitrogens with one attached hydrogen (secondary N) is 1. The molecule has 3 aromatic rings. The maximum absolute atomic E-state index is 13.6. The summed E-state index contributed by atoms with van der Waals surface area (Å²) in [5.41, 5.74) is 3.79. The van der Waals surface area contributed by atoms with Crippen LogP contribution in [0.5, 0.6) is 0 Å². The van der Waals surface area contributed by atoms with E-state index in [2.05, 4.69) is 36.5 Å². The molecule has 0 spiro atoms. The fourth-order valence-electron chi connectivity index (χ4n) is 4.28. The number of carbonyl (C=O) groups is 2. The fraction of sp³-hybridized carbons (Fsp3) is 0.308. The van der Waals surface area contributed by atoms with E-state index >= 15 is 0 Å². The van der Waals surface area contributed by atoms with Crippen LogP contribution < -0.4 is 5.32 Å². The number of ether oxygens (including phenoxy) is 1. The van der Waals surface area contributed by atoms with Gasteiger partial charge in [-0.05, 0) is 42.0 Å². The van der Waals surface area contributed by atoms with Crippen molar-refractivity contribution in [3.8, 4) is 0 Å². The van der Waals surface area contributed by atoms with Crippen LogP contribution in [0.15, 0.2) is 66.0 Å². The summed E-state index contributed by atoms with van der Waals surface area (Å²) in [6.45, 7) is 3.45. The van der Waals surface area contributed by atoms with Gasteiger partial charge >= 0.3 is 0 Å². The number of benzene rings is 2. The lowest BCUT2D eigenvalue weighted by Crippen LogP contribution is -2.48. The number of hydrogen-bond donors (Lipinski definition) is 1. The van der Waals surface area contributed by atoms with Crippen LogP contribution in [0.3, 0.4) is 0 Å². The minimum atomic E-state index is -0.475. The van der Waals surface area contributed by atoms with Crippen molar-refractivity contribution >= 4 is 23.2 Å². The van der Waals surface area contributed by atoms with Gasteiger partial charge in [-0.1, -0.05) is 54.1 Å². The molecular weight excluding hydrogens is 420 g/mol. The zero-order chi connectivity index (χ0) is 22.5.